The lowest BCUT2D eigenvalue weighted by atomic mass is 9.99. The average Bonchev–Trinajstić information content (AvgIpc) is 2.56. The van der Waals surface area contributed by atoms with Crippen molar-refractivity contribution in [3.8, 4) is 0 Å². The van der Waals surface area contributed by atoms with Gasteiger partial charge in [-0.3, -0.25) is 20.4 Å². The van der Waals surface area contributed by atoms with Crippen molar-refractivity contribution in [2.45, 2.75) is 38.1 Å². The topological polar surface area (TPSA) is 113 Å². The quantitative estimate of drug-likeness (QED) is 0.438. The van der Waals surface area contributed by atoms with E-state index in [4.69, 9.17) is 5.73 Å². The van der Waals surface area contributed by atoms with Crippen LogP contribution >= 0.6 is 11.8 Å². The lowest BCUT2D eigenvalue weighted by Gasteiger charge is -2.22. The van der Waals surface area contributed by atoms with Crippen LogP contribution in [0.4, 0.5) is 4.79 Å². The first-order chi connectivity index (χ1) is 11.3. The Morgan fingerprint density at radius 2 is 1.79 bits per heavy atom. The number of thioether (sulfide) groups is 1. The van der Waals surface area contributed by atoms with Crippen molar-refractivity contribution in [3.63, 3.8) is 0 Å². The van der Waals surface area contributed by atoms with Gasteiger partial charge in [0.25, 0.3) is 5.91 Å². The second-order valence-electron chi connectivity index (χ2n) is 5.51. The SMILES string of the molecule is CC[C@H](C)[C@H](NC(N)=O)C(=O)NNC(=O)CSc1ccc(C)cc1. The predicted molar refractivity (Wildman–Crippen MR) is 94.2 cm³/mol. The highest BCUT2D eigenvalue weighted by Crippen LogP contribution is 2.17. The average molecular weight is 352 g/mol. The van der Waals surface area contributed by atoms with E-state index < -0.39 is 18.0 Å². The van der Waals surface area contributed by atoms with E-state index in [9.17, 15) is 14.4 Å². The number of carbonyl (C=O) groups is 3. The first-order valence-corrected chi connectivity index (χ1v) is 8.66. The second kappa shape index (κ2) is 9.82. The molecule has 0 bridgehead atoms. The predicted octanol–water partition coefficient (Wildman–Crippen LogP) is 1.32. The fourth-order valence-electron chi connectivity index (χ4n) is 1.88. The second-order valence-corrected chi connectivity index (χ2v) is 6.56. The maximum atomic E-state index is 12.1. The molecule has 0 heterocycles. The Kier molecular flexibility index (Phi) is 8.11. The van der Waals surface area contributed by atoms with Crippen molar-refractivity contribution < 1.29 is 14.4 Å². The molecule has 0 aliphatic heterocycles. The van der Waals surface area contributed by atoms with Gasteiger partial charge in [-0.05, 0) is 25.0 Å². The molecule has 0 aliphatic carbocycles. The van der Waals surface area contributed by atoms with E-state index in [1.165, 1.54) is 11.8 Å². The number of hydrogen-bond donors (Lipinski definition) is 4. The Hall–Kier alpha value is -2.22. The molecule has 1 rings (SSSR count). The first-order valence-electron chi connectivity index (χ1n) is 7.67. The molecular weight excluding hydrogens is 328 g/mol. The molecule has 2 atom stereocenters. The van der Waals surface area contributed by atoms with Gasteiger partial charge in [0, 0.05) is 4.90 Å². The molecule has 8 heteroatoms. The van der Waals surface area contributed by atoms with Gasteiger partial charge in [-0.15, -0.1) is 11.8 Å². The van der Waals surface area contributed by atoms with Gasteiger partial charge in [-0.25, -0.2) is 4.79 Å². The number of amides is 4. The van der Waals surface area contributed by atoms with E-state index in [2.05, 4.69) is 16.2 Å². The van der Waals surface area contributed by atoms with Gasteiger partial charge >= 0.3 is 6.03 Å². The Balaban J connectivity index is 2.44. The molecule has 0 saturated heterocycles. The van der Waals surface area contributed by atoms with E-state index in [1.54, 1.807) is 0 Å². The van der Waals surface area contributed by atoms with Crippen molar-refractivity contribution in [3.05, 3.63) is 29.8 Å². The molecule has 4 amide bonds. The summed E-state index contributed by atoms with van der Waals surface area (Å²) in [5.74, 6) is -0.787. The molecule has 1 aromatic carbocycles. The van der Waals surface area contributed by atoms with Crippen LogP contribution < -0.4 is 21.9 Å². The largest absolute Gasteiger partial charge is 0.352 e. The molecule has 0 radical (unpaired) electrons. The van der Waals surface area contributed by atoms with E-state index in [0.29, 0.717) is 6.42 Å². The summed E-state index contributed by atoms with van der Waals surface area (Å²) in [7, 11) is 0. The molecule has 0 saturated carbocycles. The van der Waals surface area contributed by atoms with Gasteiger partial charge in [-0.2, -0.15) is 0 Å². The molecule has 0 unspecified atom stereocenters. The van der Waals surface area contributed by atoms with Crippen LogP contribution in [0.25, 0.3) is 0 Å². The van der Waals surface area contributed by atoms with Gasteiger partial charge in [0.2, 0.25) is 5.91 Å². The van der Waals surface area contributed by atoms with Crippen LogP contribution in [0.15, 0.2) is 29.2 Å². The number of carbonyl (C=O) groups excluding carboxylic acids is 3. The third-order valence-electron chi connectivity index (χ3n) is 3.51. The molecule has 0 aliphatic rings. The third kappa shape index (κ3) is 6.91. The molecular formula is C16H24N4O3S. The van der Waals surface area contributed by atoms with Gasteiger partial charge in [-0.1, -0.05) is 38.0 Å². The summed E-state index contributed by atoms with van der Waals surface area (Å²) in [4.78, 5) is 35.9. The minimum Gasteiger partial charge on any atom is -0.352 e. The molecule has 132 valence electrons. The highest BCUT2D eigenvalue weighted by molar-refractivity contribution is 8.00. The van der Waals surface area contributed by atoms with Crippen LogP contribution in [-0.4, -0.2) is 29.6 Å². The summed E-state index contributed by atoms with van der Waals surface area (Å²) in [5.41, 5.74) is 10.9. The summed E-state index contributed by atoms with van der Waals surface area (Å²) in [6.07, 6.45) is 0.676. The zero-order chi connectivity index (χ0) is 18.1. The van der Waals surface area contributed by atoms with Crippen molar-refractivity contribution in [1.29, 1.82) is 0 Å². The van der Waals surface area contributed by atoms with Crippen LogP contribution in [0.5, 0.6) is 0 Å². The van der Waals surface area contributed by atoms with E-state index >= 15 is 0 Å². The minimum absolute atomic E-state index is 0.115. The smallest absolute Gasteiger partial charge is 0.312 e. The Bertz CT molecular complexity index is 577. The number of hydrogen-bond acceptors (Lipinski definition) is 4. The van der Waals surface area contributed by atoms with E-state index in [-0.39, 0.29) is 17.6 Å². The lowest BCUT2D eigenvalue weighted by molar-refractivity contribution is -0.129. The van der Waals surface area contributed by atoms with Gasteiger partial charge in [0.05, 0.1) is 5.75 Å². The number of nitrogens with one attached hydrogen (secondary N) is 3. The lowest BCUT2D eigenvalue weighted by Crippen LogP contribution is -2.55. The maximum absolute atomic E-state index is 12.1. The van der Waals surface area contributed by atoms with Crippen molar-refractivity contribution in [1.82, 2.24) is 16.2 Å². The Morgan fingerprint density at radius 3 is 2.33 bits per heavy atom. The van der Waals surface area contributed by atoms with Crippen molar-refractivity contribution in [2.24, 2.45) is 11.7 Å². The minimum atomic E-state index is -0.794. The van der Waals surface area contributed by atoms with Crippen LogP contribution in [0.1, 0.15) is 25.8 Å². The summed E-state index contributed by atoms with van der Waals surface area (Å²) in [6, 6.07) is 6.22. The summed E-state index contributed by atoms with van der Waals surface area (Å²) in [6.45, 7) is 5.70. The zero-order valence-corrected chi connectivity index (χ0v) is 14.9. The Labute approximate surface area is 146 Å². The molecule has 1 aromatic rings. The van der Waals surface area contributed by atoms with Crippen LogP contribution in [0, 0.1) is 12.8 Å². The van der Waals surface area contributed by atoms with E-state index in [0.717, 1.165) is 10.5 Å². The van der Waals surface area contributed by atoms with Crippen molar-refractivity contribution >= 4 is 29.6 Å². The monoisotopic (exact) mass is 352 g/mol. The number of benzene rings is 1. The first kappa shape index (κ1) is 19.8. The fourth-order valence-corrected chi connectivity index (χ4v) is 2.58. The van der Waals surface area contributed by atoms with Gasteiger partial charge in [0.15, 0.2) is 0 Å². The highest BCUT2D eigenvalue weighted by atomic mass is 32.2. The summed E-state index contributed by atoms with van der Waals surface area (Å²) in [5, 5.41) is 2.39. The molecule has 0 fully saturated rings. The fraction of sp³-hybridized carbons (Fsp3) is 0.438. The summed E-state index contributed by atoms with van der Waals surface area (Å²) < 4.78 is 0. The van der Waals surface area contributed by atoms with Crippen LogP contribution in [0.2, 0.25) is 0 Å². The number of nitrogens with two attached hydrogens (primary N) is 1. The summed E-state index contributed by atoms with van der Waals surface area (Å²) >= 11 is 1.37. The zero-order valence-electron chi connectivity index (χ0n) is 14.1. The number of primary amides is 1. The molecule has 7 nitrogen and oxygen atoms in total. The van der Waals surface area contributed by atoms with Crippen LogP contribution in [0.3, 0.4) is 0 Å². The third-order valence-corrected chi connectivity index (χ3v) is 4.52. The standard InChI is InChI=1S/C16H24N4O3S/c1-4-11(3)14(18-16(17)23)15(22)20-19-13(21)9-24-12-7-5-10(2)6-8-12/h5-8,11,14H,4,9H2,1-3H3,(H,19,21)(H,20,22)(H3,17,18,23)/t11-,14-/m0/s1. The van der Waals surface area contributed by atoms with Crippen molar-refractivity contribution in [2.75, 3.05) is 5.75 Å². The molecule has 0 aromatic heterocycles. The normalized spacial score (nSPS) is 12.8. The number of rotatable bonds is 7. The molecule has 0 spiro atoms. The maximum Gasteiger partial charge on any atom is 0.312 e. The van der Waals surface area contributed by atoms with Crippen LogP contribution in [-0.2, 0) is 9.59 Å². The van der Waals surface area contributed by atoms with Gasteiger partial charge < -0.3 is 11.1 Å². The number of urea groups is 1. The molecule has 24 heavy (non-hydrogen) atoms. The highest BCUT2D eigenvalue weighted by Gasteiger charge is 2.25. The molecule has 5 N–H and O–H groups in total. The van der Waals surface area contributed by atoms with E-state index in [1.807, 2.05) is 45.0 Å². The number of hydrazine groups is 1. The number of aryl methyl sites for hydroxylation is 1. The Morgan fingerprint density at radius 1 is 1.17 bits per heavy atom. The van der Waals surface area contributed by atoms with Gasteiger partial charge in [0.1, 0.15) is 6.04 Å².